The Hall–Kier alpha value is 1.02. The summed E-state index contributed by atoms with van der Waals surface area (Å²) in [5.74, 6) is 0.449. The number of rotatable bonds is 1. The van der Waals surface area contributed by atoms with E-state index in [1.54, 1.807) is 6.07 Å². The van der Waals surface area contributed by atoms with E-state index in [0.29, 0.717) is 5.92 Å². The van der Waals surface area contributed by atoms with E-state index in [0.717, 1.165) is 5.69 Å². The van der Waals surface area contributed by atoms with Crippen molar-refractivity contribution in [3.63, 3.8) is 0 Å². The Morgan fingerprint density at radius 3 is 2.56 bits per heavy atom. The molecule has 0 amide bonds. The maximum Gasteiger partial charge on any atom is 1.00 e. The van der Waals surface area contributed by atoms with Crippen molar-refractivity contribution in [1.29, 1.82) is 0 Å². The van der Waals surface area contributed by atoms with Crippen LogP contribution in [0.25, 0.3) is 0 Å². The quantitative estimate of drug-likeness (QED) is 0.516. The molecule has 0 aliphatic heterocycles. The van der Waals surface area contributed by atoms with Gasteiger partial charge in [-0.2, -0.15) is 6.07 Å². The van der Waals surface area contributed by atoms with Crippen LogP contribution in [0.1, 0.15) is 25.5 Å². The molecule has 1 aromatic rings. The molecule has 1 aromatic heterocycles. The van der Waals surface area contributed by atoms with Crippen molar-refractivity contribution < 1.29 is 62.7 Å². The average molecular weight is 196 g/mol. The molecular weight excluding hydrogens is 188 g/mol. The van der Waals surface area contributed by atoms with Gasteiger partial charge in [0.25, 0.3) is 0 Å². The Morgan fingerprint density at radius 1 is 1.67 bits per heavy atom. The zero-order valence-corrected chi connectivity index (χ0v) is 10.9. The molecule has 0 atom stereocenters. The van der Waals surface area contributed by atoms with Crippen molar-refractivity contribution in [2.75, 3.05) is 0 Å². The van der Waals surface area contributed by atoms with E-state index in [1.165, 1.54) is 0 Å². The number of aromatic nitrogens is 1. The van der Waals surface area contributed by atoms with Gasteiger partial charge in [0.15, 0.2) is 0 Å². The summed E-state index contributed by atoms with van der Waals surface area (Å²) in [6.07, 6.45) is 2.52. The molecule has 0 saturated carbocycles. The van der Waals surface area contributed by atoms with Crippen molar-refractivity contribution in [3.8, 4) is 0 Å². The van der Waals surface area contributed by atoms with Gasteiger partial charge in [0.2, 0.25) is 0 Å². The summed E-state index contributed by atoms with van der Waals surface area (Å²) in [6.45, 7) is 4.12. The van der Waals surface area contributed by atoms with Gasteiger partial charge in [0.05, 0.1) is 0 Å². The molecule has 44 valence electrons. The van der Waals surface area contributed by atoms with Crippen LogP contribution >= 0.6 is 0 Å². The number of hydrogen-bond acceptors (Lipinski definition) is 2. The fourth-order valence-electron chi connectivity index (χ4n) is 0.464. The van der Waals surface area contributed by atoms with Gasteiger partial charge in [-0.1, -0.05) is 25.5 Å². The second-order valence-electron chi connectivity index (χ2n) is 2.02. The summed E-state index contributed by atoms with van der Waals surface area (Å²) < 4.78 is 4.50. The molecule has 1 heterocycles. The molecule has 0 N–H and O–H groups in total. The monoisotopic (exact) mass is 195 g/mol. The molecule has 0 spiro atoms. The summed E-state index contributed by atoms with van der Waals surface area (Å²) in [6, 6.07) is 1.75. The molecule has 0 bridgehead atoms. The molecule has 2 nitrogen and oxygen atoms in total. The molecule has 9 heavy (non-hydrogen) atoms. The van der Waals surface area contributed by atoms with Gasteiger partial charge in [0, 0.05) is 0 Å². The zero-order chi connectivity index (χ0) is 5.98. The number of hydrogen-bond donors (Lipinski definition) is 0. The summed E-state index contributed by atoms with van der Waals surface area (Å²) >= 11 is 0. The Labute approximate surface area is 104 Å². The standard InChI is InChI=1S/C6H8NO.Rb/c1-5(2)6-3-4-8-7-6;/h3,5H,1-2H3;/q-1;+1. The van der Waals surface area contributed by atoms with E-state index in [4.69, 9.17) is 0 Å². The summed E-state index contributed by atoms with van der Waals surface area (Å²) in [7, 11) is 0. The predicted molar refractivity (Wildman–Crippen MR) is 29.4 cm³/mol. The average Bonchev–Trinajstić information content (AvgIpc) is 2.12. The Bertz CT molecular complexity index is 148. The normalized spacial score (nSPS) is 9.22. The molecule has 3 heteroatoms. The van der Waals surface area contributed by atoms with Crippen molar-refractivity contribution >= 4 is 0 Å². The Balaban J connectivity index is 0.000000640. The van der Waals surface area contributed by atoms with Crippen LogP contribution in [0.3, 0.4) is 0 Å². The van der Waals surface area contributed by atoms with Crippen molar-refractivity contribution in [3.05, 3.63) is 18.0 Å². The van der Waals surface area contributed by atoms with Crippen LogP contribution in [0.15, 0.2) is 10.6 Å². The van der Waals surface area contributed by atoms with Gasteiger partial charge < -0.3 is 4.52 Å². The molecule has 0 fully saturated rings. The largest absolute Gasteiger partial charge is 1.00 e. The smallest absolute Gasteiger partial charge is 0.480 e. The summed E-state index contributed by atoms with van der Waals surface area (Å²) in [5, 5.41) is 3.69. The van der Waals surface area contributed by atoms with Crippen LogP contribution in [-0.2, 0) is 0 Å². The Morgan fingerprint density at radius 2 is 2.33 bits per heavy atom. The van der Waals surface area contributed by atoms with Crippen LogP contribution in [0.5, 0.6) is 0 Å². The molecule has 0 saturated heterocycles. The molecular formula is C6H8NORb. The van der Waals surface area contributed by atoms with E-state index in [9.17, 15) is 0 Å². The third-order valence-corrected chi connectivity index (χ3v) is 1.00. The van der Waals surface area contributed by atoms with E-state index in [1.807, 2.05) is 0 Å². The fourth-order valence-corrected chi connectivity index (χ4v) is 0.464. The van der Waals surface area contributed by atoms with Crippen molar-refractivity contribution in [1.82, 2.24) is 5.16 Å². The SMILES string of the molecule is CC(C)c1c[c-]on1.[Rb+]. The number of nitrogens with zero attached hydrogens (tertiary/aromatic N) is 1. The van der Waals surface area contributed by atoms with E-state index in [-0.39, 0.29) is 58.2 Å². The summed E-state index contributed by atoms with van der Waals surface area (Å²) in [4.78, 5) is 0. The minimum absolute atomic E-state index is 0. The van der Waals surface area contributed by atoms with Gasteiger partial charge in [-0.25, -0.2) is 5.16 Å². The molecule has 1 rings (SSSR count). The maximum atomic E-state index is 4.50. The van der Waals surface area contributed by atoms with Crippen LogP contribution in [-0.4, -0.2) is 5.16 Å². The van der Waals surface area contributed by atoms with Gasteiger partial charge in [-0.15, -0.1) is 0 Å². The molecule has 0 unspecified atom stereocenters. The van der Waals surface area contributed by atoms with Gasteiger partial charge in [-0.3, -0.25) is 0 Å². The fraction of sp³-hybridized carbons (Fsp3) is 0.500. The van der Waals surface area contributed by atoms with E-state index in [2.05, 4.69) is 29.8 Å². The van der Waals surface area contributed by atoms with Crippen molar-refractivity contribution in [2.45, 2.75) is 19.8 Å². The van der Waals surface area contributed by atoms with E-state index >= 15 is 0 Å². The van der Waals surface area contributed by atoms with Crippen molar-refractivity contribution in [2.24, 2.45) is 0 Å². The van der Waals surface area contributed by atoms with Crippen LogP contribution < -0.4 is 58.2 Å². The molecule has 0 aliphatic rings. The van der Waals surface area contributed by atoms with Gasteiger partial charge >= 0.3 is 58.2 Å². The second kappa shape index (κ2) is 4.77. The maximum absolute atomic E-state index is 4.50. The predicted octanol–water partition coefficient (Wildman–Crippen LogP) is -1.40. The molecule has 0 radical (unpaired) electrons. The third-order valence-electron chi connectivity index (χ3n) is 1.00. The topological polar surface area (TPSA) is 26.0 Å². The minimum atomic E-state index is 0. The zero-order valence-electron chi connectivity index (χ0n) is 6.01. The third kappa shape index (κ3) is 3.07. The first-order chi connectivity index (χ1) is 3.80. The first kappa shape index (κ1) is 10.0. The summed E-state index contributed by atoms with van der Waals surface area (Å²) in [5.41, 5.74) is 0.963. The first-order valence-electron chi connectivity index (χ1n) is 2.63. The Kier molecular flexibility index (Phi) is 5.31. The molecule has 0 aliphatic carbocycles. The second-order valence-corrected chi connectivity index (χ2v) is 2.02. The van der Waals surface area contributed by atoms with E-state index < -0.39 is 0 Å². The van der Waals surface area contributed by atoms with Crippen LogP contribution in [0, 0.1) is 6.26 Å². The molecule has 0 aromatic carbocycles. The van der Waals surface area contributed by atoms with Gasteiger partial charge in [-0.05, 0) is 6.26 Å². The minimum Gasteiger partial charge on any atom is -0.480 e. The van der Waals surface area contributed by atoms with Crippen LogP contribution in [0.4, 0.5) is 0 Å². The first-order valence-corrected chi connectivity index (χ1v) is 2.63. The van der Waals surface area contributed by atoms with Gasteiger partial charge in [0.1, 0.15) is 0 Å². The van der Waals surface area contributed by atoms with Crippen LogP contribution in [0.2, 0.25) is 0 Å².